The third kappa shape index (κ3) is 5.07. The smallest absolute Gasteiger partial charge is 0.335 e. The highest BCUT2D eigenvalue weighted by Crippen LogP contribution is 2.40. The van der Waals surface area contributed by atoms with Gasteiger partial charge in [-0.3, -0.25) is 4.90 Å². The van der Waals surface area contributed by atoms with E-state index >= 15 is 0 Å². The summed E-state index contributed by atoms with van der Waals surface area (Å²) in [5.74, 6) is 1.65. The van der Waals surface area contributed by atoms with Crippen molar-refractivity contribution in [1.82, 2.24) is 19.4 Å². The number of hydrogen-bond acceptors (Lipinski definition) is 8. The number of fused-ring (bicyclic) bond motifs is 3. The van der Waals surface area contributed by atoms with Gasteiger partial charge in [0.1, 0.15) is 23.3 Å². The van der Waals surface area contributed by atoms with Crippen LogP contribution in [0.1, 0.15) is 40.7 Å². The molecule has 0 saturated carbocycles. The molecule has 4 aromatic rings. The summed E-state index contributed by atoms with van der Waals surface area (Å²) in [4.78, 5) is 26.2. The molecular weight excluding hydrogens is 549 g/mol. The van der Waals surface area contributed by atoms with E-state index in [1.54, 1.807) is 30.3 Å². The summed E-state index contributed by atoms with van der Waals surface area (Å²) in [5, 5.41) is 21.8. The van der Waals surface area contributed by atoms with Gasteiger partial charge in [0.05, 0.1) is 47.4 Å². The first kappa shape index (κ1) is 27.3. The van der Waals surface area contributed by atoms with Crippen LogP contribution in [0.25, 0.3) is 11.0 Å². The third-order valence-corrected chi connectivity index (χ3v) is 9.16. The van der Waals surface area contributed by atoms with Gasteiger partial charge < -0.3 is 24.6 Å². The maximum atomic E-state index is 14.3. The van der Waals surface area contributed by atoms with Gasteiger partial charge in [0, 0.05) is 43.9 Å². The number of benzene rings is 2. The number of aromatic nitrogens is 3. The Bertz CT molecular complexity index is 1730. The number of rotatable bonds is 9. The minimum absolute atomic E-state index is 0.121. The van der Waals surface area contributed by atoms with Gasteiger partial charge in [-0.05, 0) is 54.8 Å². The number of anilines is 2. The normalized spacial score (nSPS) is 23.0. The van der Waals surface area contributed by atoms with Crippen molar-refractivity contribution < 1.29 is 19.0 Å². The van der Waals surface area contributed by atoms with E-state index in [0.717, 1.165) is 48.8 Å². The van der Waals surface area contributed by atoms with Crippen molar-refractivity contribution in [3.05, 3.63) is 82.9 Å². The summed E-state index contributed by atoms with van der Waals surface area (Å²) < 4.78 is 22.2. The number of halogens is 1. The molecule has 4 fully saturated rings. The molecular formula is C32H32FN7O3. The summed E-state index contributed by atoms with van der Waals surface area (Å²) in [6.45, 7) is 6.32. The predicted molar refractivity (Wildman–Crippen MR) is 158 cm³/mol. The SMILES string of the molecule is CC1C2CN(c3cccc(NCc4ccc(C#N)cc4F)n3)C[C@@H]1N2Cc1nc2ccc(C(=O)O)cc2n1C[C@@H]1CCO1. The number of pyridine rings is 1. The van der Waals surface area contributed by atoms with Crippen molar-refractivity contribution in [1.29, 1.82) is 5.26 Å². The van der Waals surface area contributed by atoms with Crippen LogP contribution in [0.5, 0.6) is 0 Å². The van der Waals surface area contributed by atoms with Gasteiger partial charge >= 0.3 is 5.97 Å². The number of piperidine rings is 1. The number of hydrogen-bond donors (Lipinski definition) is 2. The fraction of sp³-hybridized carbons (Fsp3) is 0.375. The van der Waals surface area contributed by atoms with Gasteiger partial charge in [-0.15, -0.1) is 0 Å². The quantitative estimate of drug-likeness (QED) is 0.299. The molecule has 0 spiro atoms. The van der Waals surface area contributed by atoms with Gasteiger partial charge in [-0.2, -0.15) is 5.26 Å². The molecule has 4 aliphatic rings. The fourth-order valence-corrected chi connectivity index (χ4v) is 6.56. The zero-order valence-electron chi connectivity index (χ0n) is 23.8. The summed E-state index contributed by atoms with van der Waals surface area (Å²) in [7, 11) is 0. The Morgan fingerprint density at radius 3 is 2.67 bits per heavy atom. The molecule has 2 unspecified atom stereocenters. The second-order valence-corrected chi connectivity index (χ2v) is 11.7. The second kappa shape index (κ2) is 10.9. The first-order valence-electron chi connectivity index (χ1n) is 14.6. The molecule has 4 aliphatic heterocycles. The van der Waals surface area contributed by atoms with Gasteiger partial charge in [0.25, 0.3) is 0 Å². The van der Waals surface area contributed by atoms with Crippen LogP contribution >= 0.6 is 0 Å². The molecule has 2 aromatic carbocycles. The van der Waals surface area contributed by atoms with Crippen LogP contribution in [0.15, 0.2) is 54.6 Å². The van der Waals surface area contributed by atoms with Gasteiger partial charge in [-0.1, -0.05) is 19.1 Å². The van der Waals surface area contributed by atoms with E-state index in [4.69, 9.17) is 20.0 Å². The first-order valence-corrected chi connectivity index (χ1v) is 14.6. The Kier molecular flexibility index (Phi) is 6.95. The zero-order valence-corrected chi connectivity index (χ0v) is 23.8. The zero-order chi connectivity index (χ0) is 29.7. The standard InChI is InChI=1S/C32H32FN7O3/c1-19-27-16-38(30-4-2-3-29(37-30)35-14-22-6-5-20(13-34)11-24(22)33)17-28(19)39(27)18-31-36-25-8-7-21(32(41)42)12-26(25)40(31)15-23-9-10-43-23/h2-8,11-12,19,23,27-28H,9-10,14-18H2,1H3,(H,35,37)(H,41,42)/t19?,23-,27-,28?/m0/s1. The van der Waals surface area contributed by atoms with Crippen molar-refractivity contribution >= 4 is 28.6 Å². The van der Waals surface area contributed by atoms with Crippen molar-refractivity contribution in [3.63, 3.8) is 0 Å². The van der Waals surface area contributed by atoms with Crippen LogP contribution in [0.4, 0.5) is 16.0 Å². The lowest BCUT2D eigenvalue weighted by atomic mass is 9.77. The largest absolute Gasteiger partial charge is 0.478 e. The monoisotopic (exact) mass is 581 g/mol. The molecule has 8 rings (SSSR count). The molecule has 4 saturated heterocycles. The number of nitrogens with one attached hydrogen (secondary N) is 1. The molecule has 2 bridgehead atoms. The molecule has 220 valence electrons. The molecule has 0 radical (unpaired) electrons. The Balaban J connectivity index is 1.06. The van der Waals surface area contributed by atoms with Gasteiger partial charge in [0.15, 0.2) is 0 Å². The number of carboxylic acids is 1. The summed E-state index contributed by atoms with van der Waals surface area (Å²) in [6, 6.07) is 18.0. The van der Waals surface area contributed by atoms with Crippen LogP contribution in [0.3, 0.4) is 0 Å². The summed E-state index contributed by atoms with van der Waals surface area (Å²) in [6.07, 6.45) is 1.11. The molecule has 2 aromatic heterocycles. The Morgan fingerprint density at radius 1 is 1.16 bits per heavy atom. The minimum Gasteiger partial charge on any atom is -0.478 e. The van der Waals surface area contributed by atoms with E-state index in [9.17, 15) is 14.3 Å². The van der Waals surface area contributed by atoms with E-state index < -0.39 is 11.8 Å². The molecule has 6 heterocycles. The number of ether oxygens (including phenoxy) is 1. The van der Waals surface area contributed by atoms with Gasteiger partial charge in [-0.25, -0.2) is 19.2 Å². The number of aromatic carboxylic acids is 1. The number of nitrogens with zero attached hydrogens (tertiary/aromatic N) is 6. The maximum Gasteiger partial charge on any atom is 0.335 e. The number of piperazine rings is 1. The predicted octanol–water partition coefficient (Wildman–Crippen LogP) is 4.25. The van der Waals surface area contributed by atoms with Crippen LogP contribution in [-0.4, -0.2) is 68.4 Å². The Hall–Kier alpha value is -4.53. The molecule has 0 aliphatic carbocycles. The molecule has 2 N–H and O–H groups in total. The molecule has 10 nitrogen and oxygen atoms in total. The molecule has 11 heteroatoms. The lowest BCUT2D eigenvalue weighted by molar-refractivity contribution is -0.0734. The molecule has 0 amide bonds. The average Bonchev–Trinajstić information content (AvgIpc) is 3.34. The van der Waals surface area contributed by atoms with Crippen molar-refractivity contribution in [2.24, 2.45) is 5.92 Å². The Morgan fingerprint density at radius 2 is 1.98 bits per heavy atom. The van der Waals surface area contributed by atoms with E-state index in [0.29, 0.717) is 48.0 Å². The Labute approximate surface area is 248 Å². The highest BCUT2D eigenvalue weighted by atomic mass is 19.1. The molecule has 43 heavy (non-hydrogen) atoms. The van der Waals surface area contributed by atoms with Crippen LogP contribution < -0.4 is 10.2 Å². The fourth-order valence-electron chi connectivity index (χ4n) is 6.56. The number of carbonyl (C=O) groups is 1. The van der Waals surface area contributed by atoms with Crippen molar-refractivity contribution in [3.8, 4) is 6.07 Å². The highest BCUT2D eigenvalue weighted by Gasteiger charge is 2.51. The number of nitriles is 1. The first-order chi connectivity index (χ1) is 20.9. The molecule has 4 atom stereocenters. The van der Waals surface area contributed by atoms with E-state index in [-0.39, 0.29) is 18.2 Å². The second-order valence-electron chi connectivity index (χ2n) is 11.7. The maximum absolute atomic E-state index is 14.3. The van der Waals surface area contributed by atoms with Crippen LogP contribution in [0.2, 0.25) is 0 Å². The van der Waals surface area contributed by atoms with Crippen LogP contribution in [0, 0.1) is 23.1 Å². The number of imidazole rings is 1. The van der Waals surface area contributed by atoms with Crippen molar-refractivity contribution in [2.75, 3.05) is 29.9 Å². The topological polar surface area (TPSA) is 120 Å². The third-order valence-electron chi connectivity index (χ3n) is 9.16. The summed E-state index contributed by atoms with van der Waals surface area (Å²) in [5.41, 5.74) is 2.66. The van der Waals surface area contributed by atoms with E-state index in [1.165, 1.54) is 6.07 Å². The minimum atomic E-state index is -0.948. The van der Waals surface area contributed by atoms with Crippen LogP contribution in [-0.2, 0) is 24.4 Å². The lowest BCUT2D eigenvalue weighted by Crippen LogP contribution is -2.73. The van der Waals surface area contributed by atoms with Gasteiger partial charge in [0.2, 0.25) is 0 Å². The lowest BCUT2D eigenvalue weighted by Gasteiger charge is -2.61. The van der Waals surface area contributed by atoms with E-state index in [1.807, 2.05) is 24.3 Å². The highest BCUT2D eigenvalue weighted by molar-refractivity contribution is 5.92. The average molecular weight is 582 g/mol. The van der Waals surface area contributed by atoms with Crippen molar-refractivity contribution in [2.45, 2.75) is 51.2 Å². The summed E-state index contributed by atoms with van der Waals surface area (Å²) >= 11 is 0. The number of carboxylic acid groups (broad SMARTS) is 1. The van der Waals surface area contributed by atoms with E-state index in [2.05, 4.69) is 26.6 Å².